The van der Waals surface area contributed by atoms with Crippen LogP contribution in [0, 0.1) is 5.92 Å². The van der Waals surface area contributed by atoms with Gasteiger partial charge >= 0.3 is 0 Å². The zero-order valence-corrected chi connectivity index (χ0v) is 52.9. The van der Waals surface area contributed by atoms with Gasteiger partial charge in [0.2, 0.25) is 35.4 Å². The topological polar surface area (TPSA) is 404 Å². The number of hydrogen-bond acceptors (Lipinski definition) is 18. The SMILES string of the molecule is CC(=O)O.CCCCCOc1ccc(-c2ccc(-c3ccc(C(=O)N[C@H]4C[C@@H](O)[C@H](OCC[N+](C)(C)C)NC(=O)[C@@H]5[C@@H](O)[C@@H](C)CN5C(=O)[C@H]([C@@H](C)O)NC(=O)[C@H]([C@H](O)[C@@H](O)c5ccc(O)cc5)NC(=O)[C@@H]5C[C@@H](O)CN5C(=O)[C@H]([C@@H](C)O)NC4=O)cc3)cc2)cc1. The predicted octanol–water partition coefficient (Wildman–Crippen LogP) is -0.106. The lowest BCUT2D eigenvalue weighted by atomic mass is 9.96. The first kappa shape index (κ1) is 72.9. The van der Waals surface area contributed by atoms with E-state index >= 15 is 0 Å². The number of carbonyl (C=O) groups is 8. The summed E-state index contributed by atoms with van der Waals surface area (Å²) in [6.07, 6.45) is -12.6. The third kappa shape index (κ3) is 19.7. The van der Waals surface area contributed by atoms with Gasteiger partial charge in [-0.05, 0) is 84.5 Å². The molecule has 3 fully saturated rings. The van der Waals surface area contributed by atoms with Crippen molar-refractivity contribution in [2.45, 2.75) is 152 Å². The van der Waals surface area contributed by atoms with Gasteiger partial charge < -0.3 is 96.3 Å². The first-order chi connectivity index (χ1) is 43.4. The fourth-order valence-corrected chi connectivity index (χ4v) is 10.8. The smallest absolute Gasteiger partial charge is 0.300 e. The zero-order valence-electron chi connectivity index (χ0n) is 52.9. The quantitative estimate of drug-likeness (QED) is 0.0457. The molecule has 14 N–H and O–H groups in total. The van der Waals surface area contributed by atoms with Gasteiger partial charge in [-0.1, -0.05) is 87.4 Å². The van der Waals surface area contributed by atoms with Crippen LogP contribution in [0.4, 0.5) is 0 Å². The number of amides is 7. The minimum Gasteiger partial charge on any atom is -0.508 e. The van der Waals surface area contributed by atoms with Gasteiger partial charge in [0.1, 0.15) is 72.6 Å². The summed E-state index contributed by atoms with van der Waals surface area (Å²) in [6.45, 7) is 6.88. The molecule has 3 aliphatic rings. The molecule has 0 aromatic heterocycles. The third-order valence-electron chi connectivity index (χ3n) is 16.1. The van der Waals surface area contributed by atoms with Gasteiger partial charge in [-0.25, -0.2) is 0 Å². The molecule has 0 saturated carbocycles. The molecule has 0 bridgehead atoms. The van der Waals surface area contributed by atoms with Crippen LogP contribution >= 0.6 is 0 Å². The number of rotatable bonds is 18. The molecule has 27 nitrogen and oxygen atoms in total. The molecule has 3 aliphatic heterocycles. The molecule has 7 rings (SSSR count). The summed E-state index contributed by atoms with van der Waals surface area (Å²) in [6, 6.07) is 15.3. The van der Waals surface area contributed by atoms with Gasteiger partial charge in [-0.2, -0.15) is 0 Å². The van der Waals surface area contributed by atoms with Gasteiger partial charge in [-0.3, -0.25) is 38.4 Å². The van der Waals surface area contributed by atoms with Crippen LogP contribution in [0.5, 0.6) is 11.5 Å². The molecule has 0 spiro atoms. The molecule has 0 aliphatic carbocycles. The summed E-state index contributed by atoms with van der Waals surface area (Å²) in [7, 11) is 5.52. The number of quaternary nitrogens is 1. The second-order valence-electron chi connectivity index (χ2n) is 24.7. The maximum absolute atomic E-state index is 14.8. The molecule has 4 aromatic rings. The van der Waals surface area contributed by atoms with Gasteiger partial charge in [-0.15, -0.1) is 0 Å². The Morgan fingerprint density at radius 3 is 1.70 bits per heavy atom. The van der Waals surface area contributed by atoms with Crippen LogP contribution in [-0.4, -0.2) is 241 Å². The van der Waals surface area contributed by atoms with Gasteiger partial charge in [0, 0.05) is 44.3 Å². The van der Waals surface area contributed by atoms with E-state index in [9.17, 15) is 74.4 Å². The highest BCUT2D eigenvalue weighted by atomic mass is 16.5. The van der Waals surface area contributed by atoms with Crippen LogP contribution in [0.1, 0.15) is 88.7 Å². The number of ether oxygens (including phenoxy) is 2. The summed E-state index contributed by atoms with van der Waals surface area (Å²) in [5, 5.41) is 110. The lowest BCUT2D eigenvalue weighted by molar-refractivity contribution is -0.870. The van der Waals surface area contributed by atoms with Crippen molar-refractivity contribution >= 4 is 47.3 Å². The number of nitrogens with zero attached hydrogens (tertiary/aromatic N) is 3. The van der Waals surface area contributed by atoms with Crippen molar-refractivity contribution in [2.24, 2.45) is 5.92 Å². The van der Waals surface area contributed by atoms with Crippen molar-refractivity contribution in [2.75, 3.05) is 54.0 Å². The molecular weight excluding hydrogens is 1200 g/mol. The number of carboxylic acid groups (broad SMARTS) is 1. The molecule has 3 heterocycles. The largest absolute Gasteiger partial charge is 0.508 e. The van der Waals surface area contributed by atoms with Crippen molar-refractivity contribution < 1.29 is 98.3 Å². The zero-order chi connectivity index (χ0) is 67.9. The molecule has 15 atom stereocenters. The van der Waals surface area contributed by atoms with Gasteiger partial charge in [0.25, 0.3) is 11.9 Å². The standard InChI is InChI=1S/C63H84N8O17.C2H4O2/c1-8-9-10-28-87-45-25-21-40(22-26-45)38-13-11-37(12-14-38)39-15-17-42(18-16-39)56(80)64-46-31-48(76)61(88-29-27-71(5,6)7)68-60(84)52-53(77)34(2)32-70(52)63(86)50(36(4)73)66-59(83)51(55(79)54(78)41-19-23-43(74)24-20-41)67-58(82)47-30-44(75)33-69(47)62(85)49(35(3)72)65-57(46)81;1-2(3)4/h11-26,34-36,44,46-55,61,72-73,75-79H,8-10,27-33H2,1-7H3,(H5-,64,65,66,67,68,74,80,81,82,83,84);1H3,(H,3,4)/p+1/t34-,35+,36+,44+,46-,47-,48+,49-,50-,51-,52-,53-,54-,55-,61-;/m0./s1. The van der Waals surface area contributed by atoms with E-state index in [4.69, 9.17) is 19.4 Å². The van der Waals surface area contributed by atoms with Crippen LogP contribution in [-0.2, 0) is 38.3 Å². The average molecular weight is 1290 g/mol. The highest BCUT2D eigenvalue weighted by Gasteiger charge is 2.50. The molecule has 7 amide bonds. The summed E-state index contributed by atoms with van der Waals surface area (Å²) >= 11 is 0. The van der Waals surface area contributed by atoms with Crippen LogP contribution in [0.15, 0.2) is 97.1 Å². The number of unbranched alkanes of at least 4 members (excludes halogenated alkanes) is 2. The molecule has 27 heteroatoms. The normalized spacial score (nSPS) is 25.8. The van der Waals surface area contributed by atoms with Crippen LogP contribution in [0.2, 0.25) is 0 Å². The minimum atomic E-state index is -2.29. The molecule has 92 heavy (non-hydrogen) atoms. The highest BCUT2D eigenvalue weighted by molar-refractivity contribution is 6.00. The fourth-order valence-electron chi connectivity index (χ4n) is 10.8. The number of phenolic OH excluding ortho intramolecular Hbond substituents is 1. The van der Waals surface area contributed by atoms with Gasteiger partial charge in [0.05, 0.1) is 58.8 Å². The second kappa shape index (κ2) is 32.9. The Hall–Kier alpha value is -8.12. The van der Waals surface area contributed by atoms with E-state index < -0.39 is 158 Å². The predicted molar refractivity (Wildman–Crippen MR) is 333 cm³/mol. The number of carboxylic acids is 1. The van der Waals surface area contributed by atoms with E-state index in [1.54, 1.807) is 12.1 Å². The van der Waals surface area contributed by atoms with Crippen LogP contribution < -0.4 is 31.3 Å². The number of aliphatic hydroxyl groups is 7. The number of benzene rings is 4. The minimum absolute atomic E-state index is 0.0470. The van der Waals surface area contributed by atoms with E-state index in [0.29, 0.717) is 11.1 Å². The number of hydrogen-bond donors (Lipinski definition) is 14. The van der Waals surface area contributed by atoms with Gasteiger partial charge in [0.15, 0.2) is 6.23 Å². The van der Waals surface area contributed by atoms with E-state index in [0.717, 1.165) is 77.8 Å². The molecular formula is C65H89N8O19+. The average Bonchev–Trinajstić information content (AvgIpc) is 1.63. The molecule has 3 saturated heterocycles. The van der Waals surface area contributed by atoms with E-state index in [2.05, 4.69) is 33.5 Å². The summed E-state index contributed by atoms with van der Waals surface area (Å²) < 4.78 is 12.3. The van der Waals surface area contributed by atoms with Crippen LogP contribution in [0.25, 0.3) is 22.3 Å². The van der Waals surface area contributed by atoms with E-state index in [1.807, 2.05) is 69.7 Å². The Balaban J connectivity index is 0.00000326. The maximum atomic E-state index is 14.8. The number of carbonyl (C=O) groups excluding carboxylic acids is 7. The maximum Gasteiger partial charge on any atom is 0.300 e. The summed E-state index contributed by atoms with van der Waals surface area (Å²) in [5.74, 6) is -9.08. The first-order valence-electron chi connectivity index (χ1n) is 30.6. The highest BCUT2D eigenvalue weighted by Crippen LogP contribution is 2.30. The Bertz CT molecular complexity index is 3140. The number of phenols is 1. The third-order valence-corrected chi connectivity index (χ3v) is 16.1. The Morgan fingerprint density at radius 2 is 1.16 bits per heavy atom. The summed E-state index contributed by atoms with van der Waals surface area (Å²) in [5.41, 5.74) is 3.48. The van der Waals surface area contributed by atoms with Crippen molar-refractivity contribution in [1.82, 2.24) is 36.4 Å². The monoisotopic (exact) mass is 1290 g/mol. The molecule has 0 unspecified atom stereocenters. The number of aromatic hydroxyl groups is 1. The lowest BCUT2D eigenvalue weighted by Crippen LogP contribution is -2.64. The van der Waals surface area contributed by atoms with Crippen LogP contribution in [0.3, 0.4) is 0 Å². The first-order valence-corrected chi connectivity index (χ1v) is 30.6. The number of fused-ring (bicyclic) bond motifs is 2. The number of aliphatic carboxylic acids is 1. The molecule has 4 aromatic carbocycles. The fraction of sp³-hybridized carbons (Fsp3) is 0.508. The van der Waals surface area contributed by atoms with Crippen molar-refractivity contribution in [3.05, 3.63) is 108 Å². The Kier molecular flexibility index (Phi) is 26.1. The van der Waals surface area contributed by atoms with Crippen molar-refractivity contribution in [3.8, 4) is 33.8 Å². The number of aliphatic hydroxyl groups excluding tert-OH is 7. The Labute approximate surface area is 533 Å². The second-order valence-corrected chi connectivity index (χ2v) is 24.7. The molecule has 502 valence electrons. The Morgan fingerprint density at radius 1 is 0.652 bits per heavy atom. The lowest BCUT2D eigenvalue weighted by Gasteiger charge is -2.34. The molecule has 0 radical (unpaired) electrons. The van der Waals surface area contributed by atoms with Crippen molar-refractivity contribution in [1.29, 1.82) is 0 Å². The number of nitrogens with one attached hydrogen (secondary N) is 5. The number of likely N-dealkylation sites (N-methyl/N-ethyl adjacent to an activating group) is 1. The van der Waals surface area contributed by atoms with Crippen molar-refractivity contribution in [3.63, 3.8) is 0 Å². The van der Waals surface area contributed by atoms with E-state index in [1.165, 1.54) is 43.3 Å². The van der Waals surface area contributed by atoms with E-state index in [-0.39, 0.29) is 36.6 Å². The summed E-state index contributed by atoms with van der Waals surface area (Å²) in [4.78, 5) is 113.